The molecular weight excluding hydrogens is 529 g/mol. The van der Waals surface area contributed by atoms with Crippen LogP contribution in [-0.2, 0) is 16.9 Å². The van der Waals surface area contributed by atoms with Gasteiger partial charge in [0.05, 0.1) is 23.2 Å². The lowest BCUT2D eigenvalue weighted by atomic mass is 9.84. The molecule has 0 aliphatic carbocycles. The molecule has 0 N–H and O–H groups in total. The molecule has 7 nitrogen and oxygen atoms in total. The van der Waals surface area contributed by atoms with Gasteiger partial charge in [0, 0.05) is 27.7 Å². The Balaban J connectivity index is 1.57. The third-order valence-corrected chi connectivity index (χ3v) is 7.97. The zero-order valence-corrected chi connectivity index (χ0v) is 20.9. The van der Waals surface area contributed by atoms with Crippen LogP contribution in [-0.4, -0.2) is 16.8 Å². The molecule has 4 heterocycles. The van der Waals surface area contributed by atoms with Crippen LogP contribution in [0.15, 0.2) is 87.5 Å². The Kier molecular flexibility index (Phi) is 4.85. The molecule has 10 heteroatoms. The number of hydrogen-bond acceptors (Lipinski definition) is 6. The second-order valence-electron chi connectivity index (χ2n) is 8.94. The first-order chi connectivity index (χ1) is 18.4. The molecule has 0 saturated carbocycles. The maximum Gasteiger partial charge on any atom is 0.297 e. The molecule has 0 fully saturated rings. The fourth-order valence-corrected chi connectivity index (χ4v) is 6.28. The van der Waals surface area contributed by atoms with Crippen LogP contribution < -0.4 is 15.2 Å². The largest absolute Gasteiger partial charge is 0.450 e. The molecule has 0 bridgehead atoms. The first-order valence-corrected chi connectivity index (χ1v) is 12.8. The number of anilines is 2. The summed E-state index contributed by atoms with van der Waals surface area (Å²) < 4.78 is 20.7. The zero-order chi connectivity index (χ0) is 26.2. The molecule has 2 aliphatic rings. The minimum atomic E-state index is -1.90. The smallest absolute Gasteiger partial charge is 0.297 e. The number of fused-ring (bicyclic) bond motifs is 5. The molecule has 1 unspecified atom stereocenters. The number of amides is 2. The number of nitrogens with zero attached hydrogens (tertiary/aromatic N) is 3. The summed E-state index contributed by atoms with van der Waals surface area (Å²) in [6.07, 6.45) is 1.51. The van der Waals surface area contributed by atoms with Gasteiger partial charge in [0.2, 0.25) is 5.76 Å². The number of hydrogen-bond donors (Lipinski definition) is 0. The highest BCUT2D eigenvalue weighted by molar-refractivity contribution is 7.13. The van der Waals surface area contributed by atoms with Crippen molar-refractivity contribution >= 4 is 56.5 Å². The van der Waals surface area contributed by atoms with Gasteiger partial charge >= 0.3 is 0 Å². The summed E-state index contributed by atoms with van der Waals surface area (Å²) in [5.74, 6) is -1.97. The Morgan fingerprint density at radius 1 is 1.03 bits per heavy atom. The van der Waals surface area contributed by atoms with Gasteiger partial charge < -0.3 is 9.32 Å². The molecular formula is C28H15ClFN3O4S. The number of halogens is 2. The van der Waals surface area contributed by atoms with E-state index >= 15 is 0 Å². The number of aromatic nitrogens is 1. The van der Waals surface area contributed by atoms with Crippen LogP contribution in [0.4, 0.5) is 15.2 Å². The van der Waals surface area contributed by atoms with Crippen molar-refractivity contribution in [2.24, 2.45) is 0 Å². The first-order valence-electron chi connectivity index (χ1n) is 11.6. The summed E-state index contributed by atoms with van der Waals surface area (Å²) in [7, 11) is 0. The van der Waals surface area contributed by atoms with Crippen molar-refractivity contribution in [2.75, 3.05) is 9.80 Å². The SMILES string of the molecule is O=C1c2oc3ccc(Cl)cc3c(=O)c2C2(C(=O)N(Cc3ccccc3F)c3ccccc32)N1c1nccs1. The van der Waals surface area contributed by atoms with Crippen molar-refractivity contribution in [3.63, 3.8) is 0 Å². The van der Waals surface area contributed by atoms with Gasteiger partial charge in [-0.3, -0.25) is 19.3 Å². The van der Waals surface area contributed by atoms with Gasteiger partial charge in [-0.1, -0.05) is 48.0 Å². The normalized spacial score (nSPS) is 18.1. The average molecular weight is 544 g/mol. The van der Waals surface area contributed by atoms with E-state index < -0.39 is 28.6 Å². The summed E-state index contributed by atoms with van der Waals surface area (Å²) in [6, 6.07) is 17.6. The van der Waals surface area contributed by atoms with E-state index in [0.717, 1.165) is 11.3 Å². The van der Waals surface area contributed by atoms with Crippen molar-refractivity contribution in [2.45, 2.75) is 12.1 Å². The molecule has 2 aliphatic heterocycles. The number of carbonyl (C=O) groups excluding carboxylic acids is 2. The van der Waals surface area contributed by atoms with Crippen LogP contribution in [0.3, 0.4) is 0 Å². The van der Waals surface area contributed by atoms with Gasteiger partial charge in [0.1, 0.15) is 11.4 Å². The zero-order valence-electron chi connectivity index (χ0n) is 19.4. The molecule has 38 heavy (non-hydrogen) atoms. The quantitative estimate of drug-likeness (QED) is 0.300. The minimum Gasteiger partial charge on any atom is -0.450 e. The summed E-state index contributed by atoms with van der Waals surface area (Å²) >= 11 is 7.34. The number of thiazole rings is 1. The maximum atomic E-state index is 14.7. The Hall–Kier alpha value is -4.34. The molecule has 3 aromatic carbocycles. The predicted molar refractivity (Wildman–Crippen MR) is 141 cm³/mol. The third-order valence-electron chi connectivity index (χ3n) is 6.98. The monoisotopic (exact) mass is 543 g/mol. The van der Waals surface area contributed by atoms with Crippen molar-refractivity contribution in [3.8, 4) is 0 Å². The fourth-order valence-electron chi connectivity index (χ4n) is 5.42. The summed E-state index contributed by atoms with van der Waals surface area (Å²) in [6.45, 7) is -0.107. The van der Waals surface area contributed by atoms with E-state index in [1.807, 2.05) is 0 Å². The predicted octanol–water partition coefficient (Wildman–Crippen LogP) is 5.49. The Labute approximate surface area is 223 Å². The van der Waals surface area contributed by atoms with E-state index in [1.165, 1.54) is 34.2 Å². The lowest BCUT2D eigenvalue weighted by Crippen LogP contribution is -2.53. The fraction of sp³-hybridized carbons (Fsp3) is 0.0714. The number of benzene rings is 3. The highest BCUT2D eigenvalue weighted by Gasteiger charge is 2.66. The Morgan fingerprint density at radius 2 is 1.82 bits per heavy atom. The van der Waals surface area contributed by atoms with Gasteiger partial charge in [0.25, 0.3) is 11.8 Å². The van der Waals surface area contributed by atoms with E-state index in [-0.39, 0.29) is 39.5 Å². The van der Waals surface area contributed by atoms with Gasteiger partial charge in [0.15, 0.2) is 16.1 Å². The highest BCUT2D eigenvalue weighted by Crippen LogP contribution is 2.54. The summed E-state index contributed by atoms with van der Waals surface area (Å²) in [4.78, 5) is 49.7. The molecule has 5 aromatic rings. The summed E-state index contributed by atoms with van der Waals surface area (Å²) in [5.41, 5.74) is -1.25. The van der Waals surface area contributed by atoms with Crippen molar-refractivity contribution < 1.29 is 18.4 Å². The van der Waals surface area contributed by atoms with Crippen LogP contribution in [0.1, 0.15) is 27.2 Å². The van der Waals surface area contributed by atoms with Crippen LogP contribution in [0.25, 0.3) is 11.0 Å². The second kappa shape index (κ2) is 8.08. The number of rotatable bonds is 3. The van der Waals surface area contributed by atoms with E-state index in [1.54, 1.807) is 53.9 Å². The Bertz CT molecular complexity index is 1870. The van der Waals surface area contributed by atoms with E-state index in [0.29, 0.717) is 16.3 Å². The Morgan fingerprint density at radius 3 is 2.61 bits per heavy atom. The number of carbonyl (C=O) groups is 2. The topological polar surface area (TPSA) is 83.7 Å². The van der Waals surface area contributed by atoms with Gasteiger partial charge in [-0.15, -0.1) is 11.3 Å². The highest BCUT2D eigenvalue weighted by atomic mass is 35.5. The molecule has 1 spiro atoms. The van der Waals surface area contributed by atoms with Gasteiger partial charge in [-0.2, -0.15) is 0 Å². The molecule has 1 atom stereocenters. The molecule has 7 rings (SSSR count). The van der Waals surface area contributed by atoms with Crippen LogP contribution >= 0.6 is 22.9 Å². The van der Waals surface area contributed by atoms with E-state index in [9.17, 15) is 18.8 Å². The number of para-hydroxylation sites is 1. The van der Waals surface area contributed by atoms with Crippen LogP contribution in [0.5, 0.6) is 0 Å². The van der Waals surface area contributed by atoms with Crippen LogP contribution in [0, 0.1) is 5.82 Å². The van der Waals surface area contributed by atoms with Gasteiger partial charge in [-0.25, -0.2) is 9.37 Å². The maximum absolute atomic E-state index is 14.7. The van der Waals surface area contributed by atoms with Gasteiger partial charge in [-0.05, 0) is 30.3 Å². The summed E-state index contributed by atoms with van der Waals surface area (Å²) in [5, 5.41) is 2.34. The minimum absolute atomic E-state index is 0.107. The molecule has 2 aromatic heterocycles. The second-order valence-corrected chi connectivity index (χ2v) is 10.3. The van der Waals surface area contributed by atoms with E-state index in [2.05, 4.69) is 4.98 Å². The average Bonchev–Trinajstić information content (AvgIpc) is 3.59. The van der Waals surface area contributed by atoms with Crippen molar-refractivity contribution in [1.82, 2.24) is 4.98 Å². The lowest BCUT2D eigenvalue weighted by Gasteiger charge is -2.32. The van der Waals surface area contributed by atoms with Crippen molar-refractivity contribution in [1.29, 1.82) is 0 Å². The molecule has 186 valence electrons. The molecule has 0 radical (unpaired) electrons. The first kappa shape index (κ1) is 22.8. The van der Waals surface area contributed by atoms with E-state index in [4.69, 9.17) is 16.0 Å². The molecule has 2 amide bonds. The molecule has 0 saturated heterocycles. The standard InChI is InChI=1S/C28H15ClFN3O4S/c29-16-9-10-21-17(13-16)23(34)22-24(37-21)25(35)33(27-31-11-12-38-27)28(22)18-6-2-4-8-20(18)32(26(28)36)14-15-5-1-3-7-19(15)30/h1-13H,14H2. The third kappa shape index (κ3) is 2.88. The van der Waals surface area contributed by atoms with Crippen LogP contribution in [0.2, 0.25) is 5.02 Å². The lowest BCUT2D eigenvalue weighted by molar-refractivity contribution is -0.121. The van der Waals surface area contributed by atoms with Crippen molar-refractivity contribution in [3.05, 3.63) is 122 Å².